The van der Waals surface area contributed by atoms with Crippen molar-refractivity contribution < 1.29 is 19.0 Å². The molecule has 0 aliphatic carbocycles. The van der Waals surface area contributed by atoms with Gasteiger partial charge in [-0.1, -0.05) is 18.6 Å². The normalized spacial score (nSPS) is 19.8. The molecule has 0 N–H and O–H groups in total. The molecule has 4 rings (SSSR count). The molecule has 2 aromatic rings. The van der Waals surface area contributed by atoms with E-state index in [0.717, 1.165) is 56.0 Å². The number of ether oxygens (including phenoxy) is 3. The molecule has 0 bridgehead atoms. The molecular weight excluding hydrogens is 428 g/mol. The highest BCUT2D eigenvalue weighted by atomic mass is 16.5. The average molecular weight is 467 g/mol. The Bertz CT molecular complexity index is 992. The molecule has 184 valence electrons. The van der Waals surface area contributed by atoms with Crippen LogP contribution in [0.3, 0.4) is 0 Å². The van der Waals surface area contributed by atoms with E-state index in [2.05, 4.69) is 34.9 Å². The molecule has 2 aliphatic heterocycles. The highest BCUT2D eigenvalue weighted by Crippen LogP contribution is 2.33. The number of carbonyl (C=O) groups is 1. The molecule has 6 heteroatoms. The first kappa shape index (κ1) is 24.4. The van der Waals surface area contributed by atoms with Crippen molar-refractivity contribution in [3.63, 3.8) is 0 Å². The predicted octanol–water partition coefficient (Wildman–Crippen LogP) is 4.13. The van der Waals surface area contributed by atoms with Crippen LogP contribution in [0, 0.1) is 0 Å². The first-order valence-corrected chi connectivity index (χ1v) is 12.4. The van der Waals surface area contributed by atoms with Gasteiger partial charge < -0.3 is 19.1 Å². The maximum absolute atomic E-state index is 13.4. The van der Waals surface area contributed by atoms with Crippen LogP contribution in [0.25, 0.3) is 0 Å². The Morgan fingerprint density at radius 2 is 1.74 bits per heavy atom. The van der Waals surface area contributed by atoms with Crippen molar-refractivity contribution in [1.29, 1.82) is 0 Å². The van der Waals surface area contributed by atoms with E-state index in [1.807, 2.05) is 18.2 Å². The van der Waals surface area contributed by atoms with Gasteiger partial charge >= 0.3 is 0 Å². The number of methoxy groups -OCH3 is 3. The minimum Gasteiger partial charge on any atom is -0.497 e. The van der Waals surface area contributed by atoms with E-state index in [-0.39, 0.29) is 11.9 Å². The van der Waals surface area contributed by atoms with Crippen LogP contribution >= 0.6 is 0 Å². The summed E-state index contributed by atoms with van der Waals surface area (Å²) in [5.74, 6) is 2.53. The number of piperidine rings is 1. The monoisotopic (exact) mass is 466 g/mol. The molecule has 2 atom stereocenters. The van der Waals surface area contributed by atoms with Crippen LogP contribution in [-0.2, 0) is 24.1 Å². The Labute approximate surface area is 203 Å². The number of carbonyl (C=O) groups excluding carboxylic acids is 1. The van der Waals surface area contributed by atoms with Gasteiger partial charge in [0.15, 0.2) is 11.5 Å². The second kappa shape index (κ2) is 11.1. The summed E-state index contributed by atoms with van der Waals surface area (Å²) in [6.07, 6.45) is 5.82. The Balaban J connectivity index is 1.46. The van der Waals surface area contributed by atoms with Crippen molar-refractivity contribution in [3.05, 3.63) is 53.1 Å². The summed E-state index contributed by atoms with van der Waals surface area (Å²) < 4.78 is 16.4. The molecule has 2 aromatic carbocycles. The minimum absolute atomic E-state index is 0.177. The van der Waals surface area contributed by atoms with Crippen LogP contribution in [0.15, 0.2) is 36.4 Å². The summed E-state index contributed by atoms with van der Waals surface area (Å²) in [4.78, 5) is 18.1. The number of hydrogen-bond donors (Lipinski definition) is 0. The minimum atomic E-state index is 0.177. The van der Waals surface area contributed by atoms with E-state index in [1.165, 1.54) is 24.0 Å². The second-order valence-electron chi connectivity index (χ2n) is 9.43. The van der Waals surface area contributed by atoms with Crippen LogP contribution in [0.5, 0.6) is 17.2 Å². The van der Waals surface area contributed by atoms with Gasteiger partial charge in [-0.3, -0.25) is 9.69 Å². The van der Waals surface area contributed by atoms with Crippen molar-refractivity contribution in [2.75, 3.05) is 41.0 Å². The standard InChI is InChI=1S/C28H38N2O4/c1-20(25-10-5-6-13-29(25)14-11-21-8-7-9-24(16-21)32-2)30-15-12-22-17-26(33-3)27(34-4)18-23(22)19-28(30)31/h7-9,16-18,20,25H,5-6,10-15,19H2,1-4H3. The van der Waals surface area contributed by atoms with Crippen molar-refractivity contribution >= 4 is 5.91 Å². The average Bonchev–Trinajstić information content (AvgIpc) is 3.03. The summed E-state index contributed by atoms with van der Waals surface area (Å²) in [5.41, 5.74) is 3.52. The molecule has 2 aliphatic rings. The maximum atomic E-state index is 13.4. The summed E-state index contributed by atoms with van der Waals surface area (Å²) in [6.45, 7) is 5.07. The SMILES string of the molecule is COc1cccc(CCN2CCCCC2C(C)N2CCc3cc(OC)c(OC)cc3CC2=O)c1. The van der Waals surface area contributed by atoms with Crippen LogP contribution in [0.2, 0.25) is 0 Å². The highest BCUT2D eigenvalue weighted by Gasteiger charge is 2.34. The number of fused-ring (bicyclic) bond motifs is 1. The van der Waals surface area contributed by atoms with Crippen LogP contribution < -0.4 is 14.2 Å². The Morgan fingerprint density at radius 3 is 2.47 bits per heavy atom. The number of benzene rings is 2. The number of likely N-dealkylation sites (tertiary alicyclic amines) is 1. The lowest BCUT2D eigenvalue weighted by Gasteiger charge is -2.43. The molecule has 2 unspecified atom stereocenters. The van der Waals surface area contributed by atoms with Gasteiger partial charge in [-0.05, 0) is 80.1 Å². The highest BCUT2D eigenvalue weighted by molar-refractivity contribution is 5.80. The fraction of sp³-hybridized carbons (Fsp3) is 0.536. The lowest BCUT2D eigenvalue weighted by molar-refractivity contribution is -0.134. The van der Waals surface area contributed by atoms with Gasteiger partial charge in [-0.25, -0.2) is 0 Å². The topological polar surface area (TPSA) is 51.2 Å². The van der Waals surface area contributed by atoms with Crippen molar-refractivity contribution in [2.24, 2.45) is 0 Å². The fourth-order valence-corrected chi connectivity index (χ4v) is 5.57. The summed E-state index contributed by atoms with van der Waals surface area (Å²) >= 11 is 0. The third-order valence-corrected chi connectivity index (χ3v) is 7.52. The lowest BCUT2D eigenvalue weighted by Crippen LogP contribution is -2.54. The summed E-state index contributed by atoms with van der Waals surface area (Å²) in [7, 11) is 5.01. The zero-order valence-corrected chi connectivity index (χ0v) is 21.0. The second-order valence-corrected chi connectivity index (χ2v) is 9.43. The first-order chi connectivity index (χ1) is 16.5. The van der Waals surface area contributed by atoms with Gasteiger partial charge in [0.2, 0.25) is 5.91 Å². The molecule has 0 aromatic heterocycles. The zero-order valence-electron chi connectivity index (χ0n) is 21.0. The third kappa shape index (κ3) is 5.33. The summed E-state index contributed by atoms with van der Waals surface area (Å²) in [5, 5.41) is 0. The van der Waals surface area contributed by atoms with Crippen molar-refractivity contribution in [3.8, 4) is 17.2 Å². The van der Waals surface area contributed by atoms with Crippen LogP contribution in [-0.4, -0.2) is 68.8 Å². The number of rotatable bonds is 8. The largest absolute Gasteiger partial charge is 0.497 e. The summed E-state index contributed by atoms with van der Waals surface area (Å²) in [6, 6.07) is 12.9. The van der Waals surface area contributed by atoms with E-state index in [9.17, 15) is 4.79 Å². The van der Waals surface area contributed by atoms with Gasteiger partial charge in [0.05, 0.1) is 27.8 Å². The zero-order chi connectivity index (χ0) is 24.1. The van der Waals surface area contributed by atoms with E-state index >= 15 is 0 Å². The van der Waals surface area contributed by atoms with Crippen LogP contribution in [0.4, 0.5) is 0 Å². The molecule has 0 spiro atoms. The predicted molar refractivity (Wildman–Crippen MR) is 134 cm³/mol. The quantitative estimate of drug-likeness (QED) is 0.586. The Morgan fingerprint density at radius 1 is 0.971 bits per heavy atom. The van der Waals surface area contributed by atoms with Crippen LogP contribution in [0.1, 0.15) is 42.9 Å². The number of hydrogen-bond acceptors (Lipinski definition) is 5. The lowest BCUT2D eigenvalue weighted by atomic mass is 9.94. The van der Waals surface area contributed by atoms with Crippen molar-refractivity contribution in [2.45, 2.75) is 57.5 Å². The molecule has 34 heavy (non-hydrogen) atoms. The Hall–Kier alpha value is -2.73. The van der Waals surface area contributed by atoms with Gasteiger partial charge in [0.25, 0.3) is 0 Å². The van der Waals surface area contributed by atoms with Gasteiger partial charge in [0.1, 0.15) is 5.75 Å². The molecule has 0 radical (unpaired) electrons. The first-order valence-electron chi connectivity index (χ1n) is 12.4. The molecular formula is C28H38N2O4. The van der Waals surface area contributed by atoms with E-state index < -0.39 is 0 Å². The molecule has 1 saturated heterocycles. The Kier molecular flexibility index (Phi) is 7.99. The van der Waals surface area contributed by atoms with Gasteiger partial charge in [-0.2, -0.15) is 0 Å². The fourth-order valence-electron chi connectivity index (χ4n) is 5.57. The number of amides is 1. The van der Waals surface area contributed by atoms with E-state index in [4.69, 9.17) is 14.2 Å². The smallest absolute Gasteiger partial charge is 0.227 e. The van der Waals surface area contributed by atoms with E-state index in [1.54, 1.807) is 21.3 Å². The van der Waals surface area contributed by atoms with Crippen molar-refractivity contribution in [1.82, 2.24) is 9.80 Å². The molecule has 6 nitrogen and oxygen atoms in total. The van der Waals surface area contributed by atoms with Gasteiger partial charge in [0, 0.05) is 25.2 Å². The van der Waals surface area contributed by atoms with E-state index in [0.29, 0.717) is 18.2 Å². The molecule has 1 amide bonds. The third-order valence-electron chi connectivity index (χ3n) is 7.52. The van der Waals surface area contributed by atoms with Gasteiger partial charge in [-0.15, -0.1) is 0 Å². The number of nitrogens with zero attached hydrogens (tertiary/aromatic N) is 2. The maximum Gasteiger partial charge on any atom is 0.227 e. The molecule has 1 fully saturated rings. The molecule has 0 saturated carbocycles. The molecule has 2 heterocycles.